The summed E-state index contributed by atoms with van der Waals surface area (Å²) in [6.45, 7) is 9.37. The molecule has 6 nitrogen and oxygen atoms in total. The van der Waals surface area contributed by atoms with E-state index >= 15 is 0 Å². The van der Waals surface area contributed by atoms with Crippen LogP contribution in [0.1, 0.15) is 43.0 Å². The molecule has 1 heterocycles. The number of methoxy groups -OCH3 is 1. The van der Waals surface area contributed by atoms with Crippen molar-refractivity contribution in [2.75, 3.05) is 33.3 Å². The van der Waals surface area contributed by atoms with Crippen LogP contribution in [0.5, 0.6) is 5.75 Å². The van der Waals surface area contributed by atoms with Crippen LogP contribution in [0.25, 0.3) is 16.5 Å². The van der Waals surface area contributed by atoms with Crippen molar-refractivity contribution in [1.82, 2.24) is 9.80 Å². The van der Waals surface area contributed by atoms with Gasteiger partial charge < -0.3 is 19.6 Å². The van der Waals surface area contributed by atoms with Crippen molar-refractivity contribution in [2.45, 2.75) is 33.2 Å². The van der Waals surface area contributed by atoms with E-state index < -0.39 is 17.7 Å². The van der Waals surface area contributed by atoms with Gasteiger partial charge in [-0.05, 0) is 67.5 Å². The van der Waals surface area contributed by atoms with Crippen LogP contribution in [-0.4, -0.2) is 59.9 Å². The van der Waals surface area contributed by atoms with Crippen molar-refractivity contribution >= 4 is 28.2 Å². The van der Waals surface area contributed by atoms with Crippen molar-refractivity contribution in [3.8, 4) is 5.75 Å². The maximum absolute atomic E-state index is 13.3. The van der Waals surface area contributed by atoms with Gasteiger partial charge in [-0.25, -0.2) is 0 Å². The fourth-order valence-corrected chi connectivity index (χ4v) is 4.86. The lowest BCUT2D eigenvalue weighted by Crippen LogP contribution is -2.33. The SMILES string of the molecule is CCN(CC)CCCN1C(=O)C(=O)/C(=C(/O)c2ccc3cc(OC)ccc3c2)C1c1ccc(C)cc1. The molecule has 0 saturated carbocycles. The van der Waals surface area contributed by atoms with Crippen molar-refractivity contribution in [3.05, 3.63) is 82.9 Å². The minimum absolute atomic E-state index is 0.138. The minimum atomic E-state index is -0.643. The van der Waals surface area contributed by atoms with E-state index in [1.54, 1.807) is 18.1 Å². The van der Waals surface area contributed by atoms with Crippen LogP contribution in [0.4, 0.5) is 0 Å². The molecule has 3 aromatic rings. The number of ketones is 1. The first kappa shape index (κ1) is 25.5. The van der Waals surface area contributed by atoms with Gasteiger partial charge in [-0.15, -0.1) is 0 Å². The number of rotatable bonds is 9. The number of hydrogen-bond acceptors (Lipinski definition) is 5. The molecular formula is C30H34N2O4. The van der Waals surface area contributed by atoms with Gasteiger partial charge in [-0.1, -0.05) is 61.9 Å². The Kier molecular flexibility index (Phi) is 7.75. The number of benzene rings is 3. The number of Topliss-reactive ketones (excluding diaryl/α,β-unsaturated/α-hetero) is 1. The van der Waals surface area contributed by atoms with Crippen molar-refractivity contribution < 1.29 is 19.4 Å². The molecule has 1 amide bonds. The van der Waals surface area contributed by atoms with Crippen LogP contribution in [0.3, 0.4) is 0 Å². The van der Waals surface area contributed by atoms with Crippen LogP contribution in [0.2, 0.25) is 0 Å². The molecule has 0 spiro atoms. The number of fused-ring (bicyclic) bond motifs is 1. The quantitative estimate of drug-likeness (QED) is 0.252. The zero-order valence-electron chi connectivity index (χ0n) is 21.5. The van der Waals surface area contributed by atoms with Gasteiger partial charge in [0.1, 0.15) is 11.5 Å². The van der Waals surface area contributed by atoms with Crippen LogP contribution in [-0.2, 0) is 9.59 Å². The average molecular weight is 487 g/mol. The summed E-state index contributed by atoms with van der Waals surface area (Å²) in [5, 5.41) is 13.3. The summed E-state index contributed by atoms with van der Waals surface area (Å²) >= 11 is 0. The molecule has 0 aliphatic carbocycles. The van der Waals surface area contributed by atoms with E-state index in [9.17, 15) is 14.7 Å². The van der Waals surface area contributed by atoms with Crippen molar-refractivity contribution in [3.63, 3.8) is 0 Å². The summed E-state index contributed by atoms with van der Waals surface area (Å²) in [5.74, 6) is -0.611. The fraction of sp³-hybridized carbons (Fsp3) is 0.333. The van der Waals surface area contributed by atoms with Crippen LogP contribution >= 0.6 is 0 Å². The maximum Gasteiger partial charge on any atom is 0.295 e. The molecule has 188 valence electrons. The van der Waals surface area contributed by atoms with E-state index in [0.717, 1.165) is 53.7 Å². The van der Waals surface area contributed by atoms with Crippen molar-refractivity contribution in [1.29, 1.82) is 0 Å². The minimum Gasteiger partial charge on any atom is -0.507 e. The molecule has 1 aliphatic heterocycles. The molecule has 4 rings (SSSR count). The smallest absolute Gasteiger partial charge is 0.295 e. The Morgan fingerprint density at radius 1 is 0.972 bits per heavy atom. The summed E-state index contributed by atoms with van der Waals surface area (Å²) in [6.07, 6.45) is 0.745. The Hall–Kier alpha value is -3.64. The van der Waals surface area contributed by atoms with E-state index in [0.29, 0.717) is 12.1 Å². The first-order valence-electron chi connectivity index (χ1n) is 12.5. The maximum atomic E-state index is 13.3. The molecular weight excluding hydrogens is 452 g/mol. The lowest BCUT2D eigenvalue weighted by atomic mass is 9.94. The summed E-state index contributed by atoms with van der Waals surface area (Å²) in [5.41, 5.74) is 2.54. The molecule has 0 bridgehead atoms. The highest BCUT2D eigenvalue weighted by Gasteiger charge is 2.45. The highest BCUT2D eigenvalue weighted by atomic mass is 16.5. The number of aryl methyl sites for hydroxylation is 1. The van der Waals surface area contributed by atoms with Crippen molar-refractivity contribution in [2.24, 2.45) is 0 Å². The highest BCUT2D eigenvalue weighted by molar-refractivity contribution is 6.46. The van der Waals surface area contributed by atoms with Crippen LogP contribution < -0.4 is 4.74 Å². The Balaban J connectivity index is 1.76. The van der Waals surface area contributed by atoms with Gasteiger partial charge in [0.05, 0.1) is 18.7 Å². The predicted octanol–water partition coefficient (Wildman–Crippen LogP) is 5.31. The molecule has 1 fully saturated rings. The lowest BCUT2D eigenvalue weighted by molar-refractivity contribution is -0.140. The second kappa shape index (κ2) is 11.0. The number of ether oxygens (including phenoxy) is 1. The third-order valence-corrected chi connectivity index (χ3v) is 7.02. The average Bonchev–Trinajstić information content (AvgIpc) is 3.15. The first-order valence-corrected chi connectivity index (χ1v) is 12.5. The predicted molar refractivity (Wildman–Crippen MR) is 143 cm³/mol. The van der Waals surface area contributed by atoms with Gasteiger partial charge >= 0.3 is 0 Å². The largest absolute Gasteiger partial charge is 0.507 e. The van der Waals surface area contributed by atoms with E-state index in [2.05, 4.69) is 18.7 Å². The van der Waals surface area contributed by atoms with E-state index in [1.807, 2.05) is 61.5 Å². The Bertz CT molecular complexity index is 1290. The number of aliphatic hydroxyl groups excluding tert-OH is 1. The van der Waals surface area contributed by atoms with E-state index in [-0.39, 0.29) is 11.3 Å². The number of carbonyl (C=O) groups excluding carboxylic acids is 2. The molecule has 1 saturated heterocycles. The highest BCUT2D eigenvalue weighted by Crippen LogP contribution is 2.40. The van der Waals surface area contributed by atoms with E-state index in [4.69, 9.17) is 4.74 Å². The molecule has 1 aliphatic rings. The Morgan fingerprint density at radius 2 is 1.64 bits per heavy atom. The zero-order valence-corrected chi connectivity index (χ0v) is 21.5. The molecule has 1 N–H and O–H groups in total. The molecule has 36 heavy (non-hydrogen) atoms. The summed E-state index contributed by atoms with van der Waals surface area (Å²) in [4.78, 5) is 30.4. The van der Waals surface area contributed by atoms with Gasteiger partial charge in [-0.2, -0.15) is 0 Å². The number of aliphatic hydroxyl groups is 1. The number of likely N-dealkylation sites (tertiary alicyclic amines) is 1. The van der Waals surface area contributed by atoms with Gasteiger partial charge in [0.2, 0.25) is 0 Å². The molecule has 0 aromatic heterocycles. The van der Waals surface area contributed by atoms with E-state index in [1.165, 1.54) is 0 Å². The van der Waals surface area contributed by atoms with Gasteiger partial charge in [0.25, 0.3) is 11.7 Å². The second-order valence-electron chi connectivity index (χ2n) is 9.21. The normalized spacial score (nSPS) is 17.4. The standard InChI is InChI=1S/C30H34N2O4/c1-5-31(6-2)16-7-17-32-27(21-10-8-20(3)9-11-21)26(29(34)30(32)35)28(33)24-13-12-23-19-25(36-4)15-14-22(23)18-24/h8-15,18-19,27,33H,5-7,16-17H2,1-4H3/b28-26+. The van der Waals surface area contributed by atoms with Gasteiger partial charge in [0, 0.05) is 12.1 Å². The molecule has 6 heteroatoms. The molecule has 1 unspecified atom stereocenters. The summed E-state index contributed by atoms with van der Waals surface area (Å²) in [6, 6.07) is 18.3. The lowest BCUT2D eigenvalue weighted by Gasteiger charge is -2.27. The number of nitrogens with zero attached hydrogens (tertiary/aromatic N) is 2. The first-order chi connectivity index (χ1) is 17.4. The monoisotopic (exact) mass is 486 g/mol. The zero-order chi connectivity index (χ0) is 25.8. The van der Waals surface area contributed by atoms with Crippen LogP contribution in [0.15, 0.2) is 66.2 Å². The molecule has 1 atom stereocenters. The Labute approximate surface area is 212 Å². The third-order valence-electron chi connectivity index (χ3n) is 7.02. The fourth-order valence-electron chi connectivity index (χ4n) is 4.86. The number of hydrogen-bond donors (Lipinski definition) is 1. The Morgan fingerprint density at radius 3 is 2.31 bits per heavy atom. The van der Waals surface area contributed by atoms with Crippen LogP contribution in [0, 0.1) is 6.92 Å². The number of amides is 1. The van der Waals surface area contributed by atoms with Gasteiger partial charge in [0.15, 0.2) is 0 Å². The summed E-state index contributed by atoms with van der Waals surface area (Å²) in [7, 11) is 1.62. The molecule has 3 aromatic carbocycles. The molecule has 0 radical (unpaired) electrons. The topological polar surface area (TPSA) is 70.1 Å². The summed E-state index contributed by atoms with van der Waals surface area (Å²) < 4.78 is 5.30. The second-order valence-corrected chi connectivity index (χ2v) is 9.21. The van der Waals surface area contributed by atoms with Gasteiger partial charge in [-0.3, -0.25) is 9.59 Å². The number of carbonyl (C=O) groups is 2. The third kappa shape index (κ3) is 5.00.